The van der Waals surface area contributed by atoms with Gasteiger partial charge in [-0.3, -0.25) is 4.79 Å². The highest BCUT2D eigenvalue weighted by atomic mass is 19.4. The van der Waals surface area contributed by atoms with Crippen molar-refractivity contribution in [2.24, 2.45) is 5.92 Å². The van der Waals surface area contributed by atoms with Crippen LogP contribution in [0.2, 0.25) is 0 Å². The molecule has 30 heavy (non-hydrogen) atoms. The molecule has 1 amide bonds. The zero-order valence-corrected chi connectivity index (χ0v) is 16.3. The number of carbonyl (C=O) groups is 1. The lowest BCUT2D eigenvalue weighted by atomic mass is 9.97. The summed E-state index contributed by atoms with van der Waals surface area (Å²) in [6.45, 7) is 0.133. The van der Waals surface area contributed by atoms with Gasteiger partial charge in [-0.05, 0) is 37.1 Å². The standard InChI is InChI=1S/C22H22F3N3O2/c23-22(24,25)16-7-6-12-27(13-16)21(29)14-28-19-11-5-4-10-18(19)26-20(28)15-30-17-8-2-1-3-9-17/h1-5,8-11,16H,6-7,12-15H2/t16-/m0/s1. The maximum Gasteiger partial charge on any atom is 0.393 e. The maximum absolute atomic E-state index is 13.1. The van der Waals surface area contributed by atoms with Crippen molar-refractivity contribution in [3.8, 4) is 5.75 Å². The van der Waals surface area contributed by atoms with E-state index < -0.39 is 12.1 Å². The Hall–Kier alpha value is -3.03. The third-order valence-corrected chi connectivity index (χ3v) is 5.38. The zero-order chi connectivity index (χ0) is 21.1. The van der Waals surface area contributed by atoms with Gasteiger partial charge in [0.15, 0.2) is 0 Å². The summed E-state index contributed by atoms with van der Waals surface area (Å²) in [4.78, 5) is 18.8. The average molecular weight is 417 g/mol. The first-order chi connectivity index (χ1) is 14.4. The largest absolute Gasteiger partial charge is 0.486 e. The Labute approximate surface area is 172 Å². The maximum atomic E-state index is 13.1. The third-order valence-electron chi connectivity index (χ3n) is 5.38. The fourth-order valence-corrected chi connectivity index (χ4v) is 3.78. The van der Waals surface area contributed by atoms with E-state index in [0.29, 0.717) is 30.1 Å². The molecule has 2 aromatic carbocycles. The summed E-state index contributed by atoms with van der Waals surface area (Å²) in [5, 5.41) is 0. The molecule has 0 saturated carbocycles. The monoisotopic (exact) mass is 417 g/mol. The summed E-state index contributed by atoms with van der Waals surface area (Å²) in [7, 11) is 0. The number of para-hydroxylation sites is 3. The second-order valence-electron chi connectivity index (χ2n) is 7.43. The second kappa shape index (κ2) is 8.38. The third kappa shape index (κ3) is 4.42. The SMILES string of the molecule is O=C(Cn1c(COc2ccccc2)nc2ccccc21)N1CCC[C@H](C(F)(F)F)C1. The predicted molar refractivity (Wildman–Crippen MR) is 106 cm³/mol. The highest BCUT2D eigenvalue weighted by Crippen LogP contribution is 2.33. The van der Waals surface area contributed by atoms with E-state index in [0.717, 1.165) is 5.52 Å². The van der Waals surface area contributed by atoms with Crippen LogP contribution in [0, 0.1) is 5.92 Å². The van der Waals surface area contributed by atoms with Crippen LogP contribution in [0.4, 0.5) is 13.2 Å². The van der Waals surface area contributed by atoms with Gasteiger partial charge in [0.25, 0.3) is 0 Å². The predicted octanol–water partition coefficient (Wildman–Crippen LogP) is 4.42. The van der Waals surface area contributed by atoms with Crippen molar-refractivity contribution in [1.29, 1.82) is 0 Å². The topological polar surface area (TPSA) is 47.4 Å². The number of imidazole rings is 1. The van der Waals surface area contributed by atoms with E-state index in [1.54, 1.807) is 4.57 Å². The number of nitrogens with zero attached hydrogens (tertiary/aromatic N) is 3. The molecule has 158 valence electrons. The molecule has 3 aromatic rings. The summed E-state index contributed by atoms with van der Waals surface area (Å²) < 4.78 is 46.9. The number of hydrogen-bond acceptors (Lipinski definition) is 3. The Kier molecular flexibility index (Phi) is 5.65. The highest BCUT2D eigenvalue weighted by molar-refractivity contribution is 5.81. The summed E-state index contributed by atoms with van der Waals surface area (Å²) >= 11 is 0. The number of carbonyl (C=O) groups excluding carboxylic acids is 1. The van der Waals surface area contributed by atoms with Gasteiger partial charge in [0.05, 0.1) is 17.0 Å². The van der Waals surface area contributed by atoms with Gasteiger partial charge in [0.1, 0.15) is 24.7 Å². The van der Waals surface area contributed by atoms with Gasteiger partial charge in [-0.1, -0.05) is 30.3 Å². The molecule has 1 aliphatic heterocycles. The van der Waals surface area contributed by atoms with Crippen LogP contribution < -0.4 is 4.74 Å². The zero-order valence-electron chi connectivity index (χ0n) is 16.3. The van der Waals surface area contributed by atoms with Gasteiger partial charge in [-0.25, -0.2) is 4.98 Å². The van der Waals surface area contributed by atoms with Gasteiger partial charge in [-0.2, -0.15) is 13.2 Å². The van der Waals surface area contributed by atoms with E-state index in [1.165, 1.54) is 4.90 Å². The number of piperidine rings is 1. The minimum absolute atomic E-state index is 0.0669. The Morgan fingerprint density at radius 3 is 2.60 bits per heavy atom. The molecule has 1 aromatic heterocycles. The molecule has 0 radical (unpaired) electrons. The smallest absolute Gasteiger partial charge is 0.393 e. The van der Waals surface area contributed by atoms with E-state index >= 15 is 0 Å². The molecule has 0 N–H and O–H groups in total. The van der Waals surface area contributed by atoms with Crippen LogP contribution in [0.1, 0.15) is 18.7 Å². The van der Waals surface area contributed by atoms with Crippen LogP contribution in [0.15, 0.2) is 54.6 Å². The first-order valence-corrected chi connectivity index (χ1v) is 9.88. The molecular formula is C22H22F3N3O2. The Morgan fingerprint density at radius 2 is 1.83 bits per heavy atom. The summed E-state index contributed by atoms with van der Waals surface area (Å²) in [6.07, 6.45) is -3.86. The van der Waals surface area contributed by atoms with Gasteiger partial charge in [0, 0.05) is 13.1 Å². The molecule has 4 rings (SSSR count). The van der Waals surface area contributed by atoms with Crippen LogP contribution in [-0.4, -0.2) is 39.6 Å². The average Bonchev–Trinajstić information content (AvgIpc) is 3.10. The number of benzene rings is 2. The van der Waals surface area contributed by atoms with Crippen LogP contribution in [0.3, 0.4) is 0 Å². The van der Waals surface area contributed by atoms with Crippen LogP contribution in [0.25, 0.3) is 11.0 Å². The van der Waals surface area contributed by atoms with Gasteiger partial charge in [0.2, 0.25) is 5.91 Å². The first-order valence-electron chi connectivity index (χ1n) is 9.88. The van der Waals surface area contributed by atoms with E-state index in [1.807, 2.05) is 54.6 Å². The number of aromatic nitrogens is 2. The van der Waals surface area contributed by atoms with E-state index in [-0.39, 0.29) is 32.0 Å². The van der Waals surface area contributed by atoms with Gasteiger partial charge < -0.3 is 14.2 Å². The number of halogens is 3. The van der Waals surface area contributed by atoms with Crippen molar-refractivity contribution in [3.05, 3.63) is 60.4 Å². The molecule has 1 saturated heterocycles. The fraction of sp³-hybridized carbons (Fsp3) is 0.364. The van der Waals surface area contributed by atoms with Crippen molar-refractivity contribution in [2.45, 2.75) is 32.2 Å². The second-order valence-corrected chi connectivity index (χ2v) is 7.43. The molecule has 2 heterocycles. The van der Waals surface area contributed by atoms with Crippen LogP contribution >= 0.6 is 0 Å². The van der Waals surface area contributed by atoms with Crippen molar-refractivity contribution < 1.29 is 22.7 Å². The number of ether oxygens (including phenoxy) is 1. The first kappa shape index (κ1) is 20.3. The number of alkyl halides is 3. The molecule has 1 aliphatic rings. The minimum atomic E-state index is -4.28. The molecule has 0 bridgehead atoms. The molecule has 8 heteroatoms. The molecule has 0 spiro atoms. The number of amides is 1. The molecular weight excluding hydrogens is 395 g/mol. The van der Waals surface area contributed by atoms with E-state index in [4.69, 9.17) is 4.74 Å². The summed E-state index contributed by atoms with van der Waals surface area (Å²) in [6, 6.07) is 16.6. The normalized spacial score (nSPS) is 17.3. The van der Waals surface area contributed by atoms with Crippen molar-refractivity contribution in [3.63, 3.8) is 0 Å². The molecule has 1 fully saturated rings. The number of rotatable bonds is 5. The fourth-order valence-electron chi connectivity index (χ4n) is 3.78. The molecule has 5 nitrogen and oxygen atoms in total. The lowest BCUT2D eigenvalue weighted by molar-refractivity contribution is -0.188. The lowest BCUT2D eigenvalue weighted by Crippen LogP contribution is -2.45. The Bertz CT molecular complexity index is 1020. The number of hydrogen-bond donors (Lipinski definition) is 0. The van der Waals surface area contributed by atoms with Gasteiger partial charge >= 0.3 is 6.18 Å². The van der Waals surface area contributed by atoms with E-state index in [2.05, 4.69) is 4.98 Å². The molecule has 1 atom stereocenters. The van der Waals surface area contributed by atoms with Crippen LogP contribution in [-0.2, 0) is 17.9 Å². The van der Waals surface area contributed by atoms with Crippen molar-refractivity contribution >= 4 is 16.9 Å². The quantitative estimate of drug-likeness (QED) is 0.618. The minimum Gasteiger partial charge on any atom is -0.486 e. The number of fused-ring (bicyclic) bond motifs is 1. The summed E-state index contributed by atoms with van der Waals surface area (Å²) in [5.41, 5.74) is 1.46. The van der Waals surface area contributed by atoms with Gasteiger partial charge in [-0.15, -0.1) is 0 Å². The Balaban J connectivity index is 1.54. The van der Waals surface area contributed by atoms with E-state index in [9.17, 15) is 18.0 Å². The molecule has 0 aliphatic carbocycles. The van der Waals surface area contributed by atoms with Crippen molar-refractivity contribution in [2.75, 3.05) is 13.1 Å². The molecule has 0 unspecified atom stereocenters. The summed E-state index contributed by atoms with van der Waals surface area (Å²) in [5.74, 6) is -0.576. The number of likely N-dealkylation sites (tertiary alicyclic amines) is 1. The lowest BCUT2D eigenvalue weighted by Gasteiger charge is -2.34. The highest BCUT2D eigenvalue weighted by Gasteiger charge is 2.42. The van der Waals surface area contributed by atoms with Crippen LogP contribution in [0.5, 0.6) is 5.75 Å². The van der Waals surface area contributed by atoms with Crippen molar-refractivity contribution in [1.82, 2.24) is 14.5 Å². The Morgan fingerprint density at radius 1 is 1.10 bits per heavy atom.